The number of carbonyl (C=O) groups excluding carboxylic acids is 1. The van der Waals surface area contributed by atoms with Crippen LogP contribution in [0.15, 0.2) is 21.1 Å². The Morgan fingerprint density at radius 2 is 1.94 bits per heavy atom. The molecule has 0 aliphatic rings. The lowest BCUT2D eigenvalue weighted by Crippen LogP contribution is -2.34. The number of amides is 1. The molecule has 0 aliphatic heterocycles. The zero-order valence-electron chi connectivity index (χ0n) is 7.82. The Morgan fingerprint density at radius 3 is 2.38 bits per heavy atom. The van der Waals surface area contributed by atoms with E-state index in [9.17, 15) is 19.4 Å². The van der Waals surface area contributed by atoms with Gasteiger partial charge in [0.25, 0.3) is 0 Å². The van der Waals surface area contributed by atoms with E-state index in [4.69, 9.17) is 5.73 Å². The molecule has 0 aromatic heterocycles. The van der Waals surface area contributed by atoms with E-state index in [2.05, 4.69) is 31.9 Å². The number of rotatable bonds is 3. The smallest absolute Gasteiger partial charge is 0.249 e. The standard InChI is InChI=1S/C9H8Br2FNO3/c10-3-1-4(11)6(5(12)2-3)7(14)8(15)9(13)16/h1-2,7-8,14-15H,(H2,13,16). The molecular formula is C9H8Br2FNO3. The van der Waals surface area contributed by atoms with Crippen LogP contribution in [0.3, 0.4) is 0 Å². The zero-order valence-corrected chi connectivity index (χ0v) is 11.0. The van der Waals surface area contributed by atoms with Crippen LogP contribution in [-0.2, 0) is 4.79 Å². The molecule has 1 aromatic rings. The number of carbonyl (C=O) groups is 1. The molecule has 1 rings (SSSR count). The highest BCUT2D eigenvalue weighted by molar-refractivity contribution is 9.11. The van der Waals surface area contributed by atoms with E-state index in [1.54, 1.807) is 0 Å². The summed E-state index contributed by atoms with van der Waals surface area (Å²) in [6.45, 7) is 0. The van der Waals surface area contributed by atoms with Gasteiger partial charge in [0, 0.05) is 14.5 Å². The maximum absolute atomic E-state index is 13.5. The summed E-state index contributed by atoms with van der Waals surface area (Å²) in [4.78, 5) is 10.7. The Balaban J connectivity index is 3.18. The third kappa shape index (κ3) is 2.79. The average molecular weight is 357 g/mol. The third-order valence-electron chi connectivity index (χ3n) is 1.93. The molecule has 2 atom stereocenters. The second kappa shape index (κ2) is 5.22. The van der Waals surface area contributed by atoms with Crippen molar-refractivity contribution >= 4 is 37.8 Å². The second-order valence-corrected chi connectivity index (χ2v) is 4.85. The Labute approximate surface area is 108 Å². The molecule has 1 aromatic carbocycles. The lowest BCUT2D eigenvalue weighted by atomic mass is 10.0. The first-order valence-corrected chi connectivity index (χ1v) is 5.73. The molecule has 4 N–H and O–H groups in total. The minimum atomic E-state index is -1.85. The van der Waals surface area contributed by atoms with Gasteiger partial charge in [-0.2, -0.15) is 0 Å². The van der Waals surface area contributed by atoms with E-state index in [0.29, 0.717) is 4.47 Å². The fourth-order valence-corrected chi connectivity index (χ4v) is 2.56. The van der Waals surface area contributed by atoms with E-state index >= 15 is 0 Å². The molecule has 0 heterocycles. The molecule has 0 radical (unpaired) electrons. The summed E-state index contributed by atoms with van der Waals surface area (Å²) in [5.74, 6) is -1.88. The van der Waals surface area contributed by atoms with Crippen LogP contribution < -0.4 is 5.73 Å². The highest BCUT2D eigenvalue weighted by atomic mass is 79.9. The predicted octanol–water partition coefficient (Wildman–Crippen LogP) is 1.23. The highest BCUT2D eigenvalue weighted by Crippen LogP contribution is 2.31. The van der Waals surface area contributed by atoms with Crippen LogP contribution in [0.4, 0.5) is 4.39 Å². The molecule has 0 bridgehead atoms. The van der Waals surface area contributed by atoms with Crippen LogP contribution in [-0.4, -0.2) is 22.2 Å². The summed E-state index contributed by atoms with van der Waals surface area (Å²) in [6.07, 6.45) is -3.56. The van der Waals surface area contributed by atoms with Crippen LogP contribution >= 0.6 is 31.9 Å². The highest BCUT2D eigenvalue weighted by Gasteiger charge is 2.28. The number of halogens is 3. The summed E-state index contributed by atoms with van der Waals surface area (Å²) >= 11 is 6.08. The molecule has 88 valence electrons. The summed E-state index contributed by atoms with van der Waals surface area (Å²) in [7, 11) is 0. The first kappa shape index (κ1) is 13.6. The van der Waals surface area contributed by atoms with E-state index in [-0.39, 0.29) is 10.0 Å². The summed E-state index contributed by atoms with van der Waals surface area (Å²) in [5.41, 5.74) is 4.59. The van der Waals surface area contributed by atoms with Gasteiger partial charge in [0.15, 0.2) is 6.10 Å². The minimum absolute atomic E-state index is 0.213. The van der Waals surface area contributed by atoms with Crippen molar-refractivity contribution in [3.63, 3.8) is 0 Å². The minimum Gasteiger partial charge on any atom is -0.385 e. The fraction of sp³-hybridized carbons (Fsp3) is 0.222. The zero-order chi connectivity index (χ0) is 12.5. The van der Waals surface area contributed by atoms with Gasteiger partial charge in [0.2, 0.25) is 5.91 Å². The lowest BCUT2D eigenvalue weighted by molar-refractivity contribution is -0.132. The van der Waals surface area contributed by atoms with Crippen molar-refractivity contribution in [1.82, 2.24) is 0 Å². The summed E-state index contributed by atoms with van der Waals surface area (Å²) in [5, 5.41) is 18.8. The molecule has 0 aliphatic carbocycles. The van der Waals surface area contributed by atoms with Crippen molar-refractivity contribution in [1.29, 1.82) is 0 Å². The normalized spacial score (nSPS) is 14.6. The van der Waals surface area contributed by atoms with Crippen molar-refractivity contribution in [2.45, 2.75) is 12.2 Å². The van der Waals surface area contributed by atoms with Crippen molar-refractivity contribution in [2.24, 2.45) is 5.73 Å². The van der Waals surface area contributed by atoms with E-state index in [1.165, 1.54) is 6.07 Å². The Bertz CT molecular complexity index is 404. The van der Waals surface area contributed by atoms with E-state index in [1.807, 2.05) is 0 Å². The van der Waals surface area contributed by atoms with Crippen molar-refractivity contribution in [3.05, 3.63) is 32.5 Å². The van der Waals surface area contributed by atoms with Gasteiger partial charge in [-0.25, -0.2) is 4.39 Å². The summed E-state index contributed by atoms with van der Waals surface area (Å²) < 4.78 is 14.2. The van der Waals surface area contributed by atoms with Crippen molar-refractivity contribution in [2.75, 3.05) is 0 Å². The Hall–Kier alpha value is -0.500. The van der Waals surface area contributed by atoms with Crippen LogP contribution in [0.1, 0.15) is 11.7 Å². The lowest BCUT2D eigenvalue weighted by Gasteiger charge is -2.17. The van der Waals surface area contributed by atoms with Crippen LogP contribution in [0.2, 0.25) is 0 Å². The van der Waals surface area contributed by atoms with Crippen molar-refractivity contribution < 1.29 is 19.4 Å². The molecule has 0 fully saturated rings. The van der Waals surface area contributed by atoms with Crippen molar-refractivity contribution in [3.8, 4) is 0 Å². The number of hydrogen-bond donors (Lipinski definition) is 3. The number of benzene rings is 1. The quantitative estimate of drug-likeness (QED) is 0.761. The molecule has 7 heteroatoms. The first-order valence-electron chi connectivity index (χ1n) is 4.14. The predicted molar refractivity (Wildman–Crippen MR) is 62.0 cm³/mol. The topological polar surface area (TPSA) is 83.6 Å². The molecule has 16 heavy (non-hydrogen) atoms. The number of aliphatic hydroxyl groups is 2. The molecule has 2 unspecified atom stereocenters. The Kier molecular flexibility index (Phi) is 4.43. The second-order valence-electron chi connectivity index (χ2n) is 3.08. The van der Waals surface area contributed by atoms with Gasteiger partial charge < -0.3 is 15.9 Å². The molecule has 0 saturated heterocycles. The van der Waals surface area contributed by atoms with Crippen LogP contribution in [0.5, 0.6) is 0 Å². The number of nitrogens with two attached hydrogens (primary N) is 1. The van der Waals surface area contributed by atoms with Gasteiger partial charge in [0.05, 0.1) is 0 Å². The largest absolute Gasteiger partial charge is 0.385 e. The number of aliphatic hydroxyl groups excluding tert-OH is 2. The first-order chi connectivity index (χ1) is 7.34. The van der Waals surface area contributed by atoms with Crippen LogP contribution in [0.25, 0.3) is 0 Å². The maximum Gasteiger partial charge on any atom is 0.249 e. The van der Waals surface area contributed by atoms with Gasteiger partial charge in [-0.15, -0.1) is 0 Å². The maximum atomic E-state index is 13.5. The molecule has 1 amide bonds. The van der Waals surface area contributed by atoms with E-state index < -0.39 is 23.9 Å². The third-order valence-corrected chi connectivity index (χ3v) is 3.04. The van der Waals surface area contributed by atoms with Gasteiger partial charge in [0.1, 0.15) is 11.9 Å². The molecular weight excluding hydrogens is 349 g/mol. The molecule has 0 saturated carbocycles. The fourth-order valence-electron chi connectivity index (χ4n) is 1.15. The van der Waals surface area contributed by atoms with Gasteiger partial charge in [-0.1, -0.05) is 31.9 Å². The number of hydrogen-bond acceptors (Lipinski definition) is 3. The Morgan fingerprint density at radius 1 is 1.38 bits per heavy atom. The van der Waals surface area contributed by atoms with Crippen LogP contribution in [0, 0.1) is 5.82 Å². The molecule has 4 nitrogen and oxygen atoms in total. The van der Waals surface area contributed by atoms with Gasteiger partial charge in [-0.3, -0.25) is 4.79 Å². The summed E-state index contributed by atoms with van der Waals surface area (Å²) in [6, 6.07) is 2.59. The van der Waals surface area contributed by atoms with Gasteiger partial charge >= 0.3 is 0 Å². The molecule has 0 spiro atoms. The van der Waals surface area contributed by atoms with E-state index in [0.717, 1.165) is 6.07 Å². The van der Waals surface area contributed by atoms with Gasteiger partial charge in [-0.05, 0) is 12.1 Å². The monoisotopic (exact) mass is 355 g/mol. The SMILES string of the molecule is NC(=O)C(O)C(O)c1c(F)cc(Br)cc1Br. The average Bonchev–Trinajstić information content (AvgIpc) is 2.14. The number of primary amides is 1.